The lowest BCUT2D eigenvalue weighted by atomic mass is 9.75. The number of hydrogen-bond donors (Lipinski definition) is 1. The van der Waals surface area contributed by atoms with Gasteiger partial charge in [0.2, 0.25) is 0 Å². The Kier molecular flexibility index (Phi) is 3.70. The van der Waals surface area contributed by atoms with Crippen LogP contribution in [0.3, 0.4) is 0 Å². The van der Waals surface area contributed by atoms with Crippen molar-refractivity contribution in [2.45, 2.75) is 32.2 Å². The zero-order chi connectivity index (χ0) is 11.5. The number of likely N-dealkylation sites (N-methyl/N-ethyl adjacent to an activating group) is 1. The van der Waals surface area contributed by atoms with Crippen LogP contribution in [0.15, 0.2) is 42.5 Å². The molecule has 0 radical (unpaired) electrons. The molecule has 0 spiro atoms. The summed E-state index contributed by atoms with van der Waals surface area (Å²) >= 11 is 0. The van der Waals surface area contributed by atoms with Crippen molar-refractivity contribution in [3.63, 3.8) is 0 Å². The van der Waals surface area contributed by atoms with Crippen LogP contribution in [0, 0.1) is 0 Å². The fraction of sp³-hybridized carbons (Fsp3) is 0.429. The van der Waals surface area contributed by atoms with Crippen molar-refractivity contribution in [1.29, 1.82) is 0 Å². The van der Waals surface area contributed by atoms with Crippen molar-refractivity contribution in [3.05, 3.63) is 48.0 Å². The van der Waals surface area contributed by atoms with Crippen molar-refractivity contribution in [1.82, 2.24) is 5.32 Å². The lowest BCUT2D eigenvalue weighted by Crippen LogP contribution is -2.43. The van der Waals surface area contributed by atoms with Gasteiger partial charge in [0.05, 0.1) is 0 Å². The SMILES string of the molecule is C=C(C)C(NC)C(C)(C)c1ccccc1. The van der Waals surface area contributed by atoms with Gasteiger partial charge in [-0.05, 0) is 19.5 Å². The maximum Gasteiger partial charge on any atom is 0.0364 e. The second kappa shape index (κ2) is 4.63. The van der Waals surface area contributed by atoms with Gasteiger partial charge >= 0.3 is 0 Å². The fourth-order valence-electron chi connectivity index (χ4n) is 2.26. The fourth-order valence-corrected chi connectivity index (χ4v) is 2.26. The third-order valence-corrected chi connectivity index (χ3v) is 3.02. The molecule has 0 aliphatic carbocycles. The minimum Gasteiger partial charge on any atom is -0.313 e. The highest BCUT2D eigenvalue weighted by Gasteiger charge is 2.30. The van der Waals surface area contributed by atoms with Crippen LogP contribution in [-0.4, -0.2) is 13.1 Å². The largest absolute Gasteiger partial charge is 0.313 e. The maximum atomic E-state index is 4.06. The molecule has 0 saturated heterocycles. The van der Waals surface area contributed by atoms with E-state index in [0.717, 1.165) is 0 Å². The van der Waals surface area contributed by atoms with Crippen molar-refractivity contribution in [2.24, 2.45) is 0 Å². The van der Waals surface area contributed by atoms with Gasteiger partial charge in [0.15, 0.2) is 0 Å². The van der Waals surface area contributed by atoms with E-state index in [4.69, 9.17) is 0 Å². The Morgan fingerprint density at radius 3 is 2.20 bits per heavy atom. The summed E-state index contributed by atoms with van der Waals surface area (Å²) in [4.78, 5) is 0. The molecule has 0 aromatic heterocycles. The Labute approximate surface area is 93.2 Å². The van der Waals surface area contributed by atoms with E-state index in [2.05, 4.69) is 63.0 Å². The Morgan fingerprint density at radius 1 is 1.27 bits per heavy atom. The van der Waals surface area contributed by atoms with Gasteiger partial charge in [0.25, 0.3) is 0 Å². The van der Waals surface area contributed by atoms with Crippen LogP contribution in [0.4, 0.5) is 0 Å². The predicted molar refractivity (Wildman–Crippen MR) is 67.1 cm³/mol. The van der Waals surface area contributed by atoms with Gasteiger partial charge in [0.1, 0.15) is 0 Å². The topological polar surface area (TPSA) is 12.0 Å². The van der Waals surface area contributed by atoms with Crippen LogP contribution in [0.1, 0.15) is 26.3 Å². The molecule has 0 aliphatic rings. The van der Waals surface area contributed by atoms with Crippen molar-refractivity contribution in [3.8, 4) is 0 Å². The third kappa shape index (κ3) is 2.48. The summed E-state index contributed by atoms with van der Waals surface area (Å²) in [6.45, 7) is 10.6. The van der Waals surface area contributed by atoms with Gasteiger partial charge in [0, 0.05) is 11.5 Å². The molecule has 1 N–H and O–H groups in total. The standard InChI is InChI=1S/C14H21N/c1-11(2)13(15-5)14(3,4)12-9-7-6-8-10-12/h6-10,13,15H,1H2,2-5H3. The first-order valence-corrected chi connectivity index (χ1v) is 5.38. The lowest BCUT2D eigenvalue weighted by Gasteiger charge is -2.35. The number of benzene rings is 1. The van der Waals surface area contributed by atoms with Gasteiger partial charge in [-0.25, -0.2) is 0 Å². The molecule has 1 unspecified atom stereocenters. The quantitative estimate of drug-likeness (QED) is 0.741. The van der Waals surface area contributed by atoms with E-state index in [0.29, 0.717) is 6.04 Å². The molecule has 1 atom stereocenters. The first-order valence-electron chi connectivity index (χ1n) is 5.38. The van der Waals surface area contributed by atoms with Crippen LogP contribution >= 0.6 is 0 Å². The molecule has 1 aromatic carbocycles. The first-order chi connectivity index (χ1) is 7.00. The average molecular weight is 203 g/mol. The van der Waals surface area contributed by atoms with Gasteiger partial charge in [-0.3, -0.25) is 0 Å². The predicted octanol–water partition coefficient (Wildman–Crippen LogP) is 3.13. The van der Waals surface area contributed by atoms with Crippen molar-refractivity contribution >= 4 is 0 Å². The number of nitrogens with one attached hydrogen (secondary N) is 1. The van der Waals surface area contributed by atoms with E-state index in [-0.39, 0.29) is 5.41 Å². The summed E-state index contributed by atoms with van der Waals surface area (Å²) in [5.74, 6) is 0. The van der Waals surface area contributed by atoms with E-state index >= 15 is 0 Å². The van der Waals surface area contributed by atoms with Crippen LogP contribution in [0.5, 0.6) is 0 Å². The molecule has 1 nitrogen and oxygen atoms in total. The van der Waals surface area contributed by atoms with Crippen LogP contribution in [-0.2, 0) is 5.41 Å². The molecule has 0 heterocycles. The molecule has 0 saturated carbocycles. The molecule has 1 aromatic rings. The molecule has 0 amide bonds. The van der Waals surface area contributed by atoms with Gasteiger partial charge in [-0.1, -0.05) is 56.3 Å². The monoisotopic (exact) mass is 203 g/mol. The third-order valence-electron chi connectivity index (χ3n) is 3.02. The smallest absolute Gasteiger partial charge is 0.0364 e. The van der Waals surface area contributed by atoms with Gasteiger partial charge in [-0.15, -0.1) is 0 Å². The minimum absolute atomic E-state index is 0.0713. The number of hydrogen-bond acceptors (Lipinski definition) is 1. The Hall–Kier alpha value is -1.08. The second-order valence-corrected chi connectivity index (χ2v) is 4.66. The van der Waals surface area contributed by atoms with Crippen LogP contribution < -0.4 is 5.32 Å². The summed E-state index contributed by atoms with van der Waals surface area (Å²) in [5.41, 5.74) is 2.58. The van der Waals surface area contributed by atoms with E-state index in [1.807, 2.05) is 7.05 Å². The molecule has 0 bridgehead atoms. The molecule has 1 heteroatoms. The van der Waals surface area contributed by atoms with Gasteiger partial charge in [-0.2, -0.15) is 0 Å². The highest BCUT2D eigenvalue weighted by molar-refractivity contribution is 5.29. The molecule has 15 heavy (non-hydrogen) atoms. The minimum atomic E-state index is 0.0713. The number of rotatable bonds is 4. The Balaban J connectivity index is 3.05. The molecular formula is C14H21N. The van der Waals surface area contributed by atoms with E-state index in [1.165, 1.54) is 11.1 Å². The van der Waals surface area contributed by atoms with Crippen LogP contribution in [0.25, 0.3) is 0 Å². The summed E-state index contributed by atoms with van der Waals surface area (Å²) in [5, 5.41) is 3.34. The molecular weight excluding hydrogens is 182 g/mol. The zero-order valence-electron chi connectivity index (χ0n) is 10.2. The van der Waals surface area contributed by atoms with E-state index < -0.39 is 0 Å². The summed E-state index contributed by atoms with van der Waals surface area (Å²) in [6.07, 6.45) is 0. The highest BCUT2D eigenvalue weighted by atomic mass is 14.9. The van der Waals surface area contributed by atoms with Crippen molar-refractivity contribution < 1.29 is 0 Å². The van der Waals surface area contributed by atoms with E-state index in [1.54, 1.807) is 0 Å². The molecule has 0 fully saturated rings. The molecule has 82 valence electrons. The van der Waals surface area contributed by atoms with Gasteiger partial charge < -0.3 is 5.32 Å². The van der Waals surface area contributed by atoms with Crippen LogP contribution in [0.2, 0.25) is 0 Å². The van der Waals surface area contributed by atoms with Crippen molar-refractivity contribution in [2.75, 3.05) is 7.05 Å². The Morgan fingerprint density at radius 2 is 1.80 bits per heavy atom. The first kappa shape index (κ1) is 12.0. The summed E-state index contributed by atoms with van der Waals surface area (Å²) < 4.78 is 0. The normalized spacial score (nSPS) is 13.6. The highest BCUT2D eigenvalue weighted by Crippen LogP contribution is 2.29. The maximum absolute atomic E-state index is 4.06. The average Bonchev–Trinajstić information content (AvgIpc) is 2.19. The Bertz CT molecular complexity index is 324. The summed E-state index contributed by atoms with van der Waals surface area (Å²) in [6, 6.07) is 10.9. The molecule has 0 aliphatic heterocycles. The zero-order valence-corrected chi connectivity index (χ0v) is 10.2. The van der Waals surface area contributed by atoms with E-state index in [9.17, 15) is 0 Å². The molecule has 1 rings (SSSR count). The second-order valence-electron chi connectivity index (χ2n) is 4.66. The summed E-state index contributed by atoms with van der Waals surface area (Å²) in [7, 11) is 1.99. The lowest BCUT2D eigenvalue weighted by molar-refractivity contribution is 0.401.